The predicted molar refractivity (Wildman–Crippen MR) is 75.0 cm³/mol. The van der Waals surface area contributed by atoms with Crippen molar-refractivity contribution in [3.05, 3.63) is 64.2 Å². The second kappa shape index (κ2) is 5.75. The normalized spacial score (nSPS) is 11.4. The van der Waals surface area contributed by atoms with Crippen molar-refractivity contribution < 1.29 is 13.2 Å². The summed E-state index contributed by atoms with van der Waals surface area (Å²) in [5, 5.41) is 3.82. The number of halogens is 4. The zero-order valence-electron chi connectivity index (χ0n) is 10.8. The second-order valence-electron chi connectivity index (χ2n) is 4.46. The Hall–Kier alpha value is -1.68. The molecule has 2 rings (SSSR count). The number of alkyl halides is 3. The first kappa shape index (κ1) is 14.7. The number of hydrogen-bond acceptors (Lipinski definition) is 1. The van der Waals surface area contributed by atoms with Gasteiger partial charge in [-0.05, 0) is 42.3 Å². The maximum Gasteiger partial charge on any atom is 0.416 e. The maximum absolute atomic E-state index is 12.4. The van der Waals surface area contributed by atoms with Crippen molar-refractivity contribution in [3.63, 3.8) is 0 Å². The van der Waals surface area contributed by atoms with Crippen LogP contribution < -0.4 is 5.32 Å². The van der Waals surface area contributed by atoms with Crippen molar-refractivity contribution in [1.29, 1.82) is 0 Å². The summed E-state index contributed by atoms with van der Waals surface area (Å²) in [6, 6.07) is 10.6. The van der Waals surface area contributed by atoms with Gasteiger partial charge in [-0.25, -0.2) is 0 Å². The van der Waals surface area contributed by atoms with Crippen molar-refractivity contribution in [2.75, 3.05) is 5.32 Å². The van der Waals surface area contributed by atoms with Crippen LogP contribution >= 0.6 is 11.6 Å². The van der Waals surface area contributed by atoms with E-state index in [-0.39, 0.29) is 0 Å². The molecule has 0 aliphatic heterocycles. The Bertz CT molecular complexity index is 591. The molecule has 0 aliphatic rings. The summed E-state index contributed by atoms with van der Waals surface area (Å²) in [6.45, 7) is 2.33. The highest BCUT2D eigenvalue weighted by Gasteiger charge is 2.29. The highest BCUT2D eigenvalue weighted by molar-refractivity contribution is 6.31. The summed E-state index contributed by atoms with van der Waals surface area (Å²) >= 11 is 6.00. The molecule has 1 N–H and O–H groups in total. The summed E-state index contributed by atoms with van der Waals surface area (Å²) in [7, 11) is 0. The number of rotatable bonds is 3. The standard InChI is InChI=1S/C15H13ClF3N/c1-10-13(16)3-2-4-14(10)20-9-11-5-7-12(8-6-11)15(17,18)19/h2-8,20H,9H2,1H3. The van der Waals surface area contributed by atoms with Gasteiger partial charge in [0.1, 0.15) is 0 Å². The van der Waals surface area contributed by atoms with Crippen LogP contribution in [0, 0.1) is 6.92 Å². The lowest BCUT2D eigenvalue weighted by molar-refractivity contribution is -0.137. The smallest absolute Gasteiger partial charge is 0.381 e. The molecule has 0 amide bonds. The van der Waals surface area contributed by atoms with Crippen LogP contribution in [0.4, 0.5) is 18.9 Å². The van der Waals surface area contributed by atoms with Crippen LogP contribution in [0.25, 0.3) is 0 Å². The summed E-state index contributed by atoms with van der Waals surface area (Å²) < 4.78 is 37.3. The van der Waals surface area contributed by atoms with Gasteiger partial charge < -0.3 is 5.32 Å². The number of anilines is 1. The number of nitrogens with one attached hydrogen (secondary N) is 1. The van der Waals surface area contributed by atoms with Gasteiger partial charge in [-0.2, -0.15) is 13.2 Å². The minimum atomic E-state index is -4.30. The average molecular weight is 300 g/mol. The van der Waals surface area contributed by atoms with Gasteiger partial charge in [-0.3, -0.25) is 0 Å². The SMILES string of the molecule is Cc1c(Cl)cccc1NCc1ccc(C(F)(F)F)cc1. The molecule has 0 atom stereocenters. The van der Waals surface area contributed by atoms with Crippen molar-refractivity contribution in [2.45, 2.75) is 19.6 Å². The monoisotopic (exact) mass is 299 g/mol. The lowest BCUT2D eigenvalue weighted by atomic mass is 10.1. The molecule has 106 valence electrons. The van der Waals surface area contributed by atoms with Gasteiger partial charge in [0.15, 0.2) is 0 Å². The lowest BCUT2D eigenvalue weighted by Crippen LogP contribution is -2.06. The van der Waals surface area contributed by atoms with E-state index in [0.717, 1.165) is 28.9 Å². The van der Waals surface area contributed by atoms with Crippen LogP contribution in [0.2, 0.25) is 5.02 Å². The van der Waals surface area contributed by atoms with Crippen molar-refractivity contribution in [1.82, 2.24) is 0 Å². The van der Waals surface area contributed by atoms with Gasteiger partial charge in [0.2, 0.25) is 0 Å². The summed E-state index contributed by atoms with van der Waals surface area (Å²) in [4.78, 5) is 0. The fourth-order valence-electron chi connectivity index (χ4n) is 1.81. The molecular formula is C15H13ClF3N. The molecule has 5 heteroatoms. The first-order valence-corrected chi connectivity index (χ1v) is 6.41. The molecule has 2 aromatic rings. The maximum atomic E-state index is 12.4. The third-order valence-corrected chi connectivity index (χ3v) is 3.44. The number of hydrogen-bond donors (Lipinski definition) is 1. The molecule has 20 heavy (non-hydrogen) atoms. The van der Waals surface area contributed by atoms with Crippen LogP contribution in [0.5, 0.6) is 0 Å². The van der Waals surface area contributed by atoms with Crippen molar-refractivity contribution in [3.8, 4) is 0 Å². The van der Waals surface area contributed by atoms with Crippen molar-refractivity contribution in [2.24, 2.45) is 0 Å². The molecule has 1 nitrogen and oxygen atoms in total. The summed E-state index contributed by atoms with van der Waals surface area (Å²) in [6.07, 6.45) is -4.30. The minimum Gasteiger partial charge on any atom is -0.381 e. The molecule has 0 unspecified atom stereocenters. The van der Waals surface area contributed by atoms with Crippen LogP contribution in [-0.4, -0.2) is 0 Å². The molecule has 0 heterocycles. The van der Waals surface area contributed by atoms with E-state index in [2.05, 4.69) is 5.32 Å². The van der Waals surface area contributed by atoms with E-state index in [9.17, 15) is 13.2 Å². The summed E-state index contributed by atoms with van der Waals surface area (Å²) in [5.74, 6) is 0. The third kappa shape index (κ3) is 3.45. The van der Waals surface area contributed by atoms with Gasteiger partial charge in [-0.1, -0.05) is 29.8 Å². The molecule has 0 aromatic heterocycles. The van der Waals surface area contributed by atoms with E-state index in [0.29, 0.717) is 11.6 Å². The Labute approximate surface area is 120 Å². The van der Waals surface area contributed by atoms with E-state index >= 15 is 0 Å². The highest BCUT2D eigenvalue weighted by Crippen LogP contribution is 2.29. The largest absolute Gasteiger partial charge is 0.416 e. The van der Waals surface area contributed by atoms with Gasteiger partial charge >= 0.3 is 6.18 Å². The first-order valence-electron chi connectivity index (χ1n) is 6.03. The van der Waals surface area contributed by atoms with Gasteiger partial charge in [0.05, 0.1) is 5.56 Å². The molecule has 2 aromatic carbocycles. The Morgan fingerprint density at radius 1 is 1.05 bits per heavy atom. The molecule has 0 aliphatic carbocycles. The van der Waals surface area contributed by atoms with Gasteiger partial charge in [0.25, 0.3) is 0 Å². The van der Waals surface area contributed by atoms with Gasteiger partial charge in [0, 0.05) is 17.3 Å². The Balaban J connectivity index is 2.06. The summed E-state index contributed by atoms with van der Waals surface area (Å²) in [5.41, 5.74) is 1.93. The van der Waals surface area contributed by atoms with Crippen LogP contribution in [-0.2, 0) is 12.7 Å². The molecule has 0 fully saturated rings. The molecule has 0 bridgehead atoms. The topological polar surface area (TPSA) is 12.0 Å². The first-order chi connectivity index (χ1) is 9.38. The Morgan fingerprint density at radius 3 is 2.30 bits per heavy atom. The fraction of sp³-hybridized carbons (Fsp3) is 0.200. The van der Waals surface area contributed by atoms with Gasteiger partial charge in [-0.15, -0.1) is 0 Å². The zero-order valence-corrected chi connectivity index (χ0v) is 11.5. The van der Waals surface area contributed by atoms with E-state index in [1.807, 2.05) is 19.1 Å². The third-order valence-electron chi connectivity index (χ3n) is 3.03. The quantitative estimate of drug-likeness (QED) is 0.813. The average Bonchev–Trinajstić information content (AvgIpc) is 2.40. The zero-order chi connectivity index (χ0) is 14.8. The predicted octanol–water partition coefficient (Wildman–Crippen LogP) is 5.28. The van der Waals surface area contributed by atoms with Crippen LogP contribution in [0.15, 0.2) is 42.5 Å². The van der Waals surface area contributed by atoms with Crippen LogP contribution in [0.3, 0.4) is 0 Å². The van der Waals surface area contributed by atoms with E-state index in [4.69, 9.17) is 11.6 Å². The Kier molecular flexibility index (Phi) is 4.23. The molecule has 0 spiro atoms. The number of benzene rings is 2. The second-order valence-corrected chi connectivity index (χ2v) is 4.87. The molecule has 0 radical (unpaired) electrons. The Morgan fingerprint density at radius 2 is 1.70 bits per heavy atom. The highest BCUT2D eigenvalue weighted by atomic mass is 35.5. The lowest BCUT2D eigenvalue weighted by Gasteiger charge is -2.11. The van der Waals surface area contributed by atoms with Crippen molar-refractivity contribution >= 4 is 17.3 Å². The molecular weight excluding hydrogens is 287 g/mol. The molecule has 0 saturated heterocycles. The van der Waals surface area contributed by atoms with E-state index in [1.165, 1.54) is 12.1 Å². The van der Waals surface area contributed by atoms with E-state index in [1.54, 1.807) is 6.07 Å². The molecule has 0 saturated carbocycles. The van der Waals surface area contributed by atoms with E-state index < -0.39 is 11.7 Å². The minimum absolute atomic E-state index is 0.444. The van der Waals surface area contributed by atoms with Crippen LogP contribution in [0.1, 0.15) is 16.7 Å². The fourth-order valence-corrected chi connectivity index (χ4v) is 1.98.